The first kappa shape index (κ1) is 28.4. The van der Waals surface area contributed by atoms with Gasteiger partial charge in [0, 0.05) is 26.7 Å². The van der Waals surface area contributed by atoms with Crippen LogP contribution in [-0.4, -0.2) is 44.7 Å². The Kier molecular flexibility index (Phi) is 7.09. The van der Waals surface area contributed by atoms with Crippen LogP contribution in [0.25, 0.3) is 0 Å². The highest BCUT2D eigenvalue weighted by Crippen LogP contribution is 2.55. The number of carbonyl (C=O) groups excluding carboxylic acids is 1. The van der Waals surface area contributed by atoms with E-state index in [1.807, 2.05) is 32.7 Å². The molecule has 2 aromatic rings. The first-order valence-electron chi connectivity index (χ1n) is 12.7. The molecular formula is C30H44N2O3S. The summed E-state index contributed by atoms with van der Waals surface area (Å²) in [5, 5.41) is 0. The van der Waals surface area contributed by atoms with E-state index in [0.29, 0.717) is 16.7 Å². The normalized spacial score (nSPS) is 19.1. The molecule has 0 saturated carbocycles. The largest absolute Gasteiger partial charge is 0.334 e. The minimum Gasteiger partial charge on any atom is -0.334 e. The summed E-state index contributed by atoms with van der Waals surface area (Å²) in [6.07, 6.45) is 0. The Labute approximate surface area is 218 Å². The highest BCUT2D eigenvalue weighted by Gasteiger charge is 2.49. The van der Waals surface area contributed by atoms with Crippen molar-refractivity contribution in [3.63, 3.8) is 0 Å². The van der Waals surface area contributed by atoms with Crippen molar-refractivity contribution in [3.05, 3.63) is 61.2 Å². The molecule has 2 atom stereocenters. The molecule has 0 aliphatic heterocycles. The standard InChI is InChI=1S/C30H44N2O3S/c1-15-16(2)20(6)26-25(19(15)5)27(23(9)30(26,10)11)32(14)29(33)24-18(4)17(3)21(7)28(22(24)8)36(34,35)31(12)13/h23,27H,1-14H3. The van der Waals surface area contributed by atoms with Gasteiger partial charge < -0.3 is 4.90 Å². The van der Waals surface area contributed by atoms with E-state index in [2.05, 4.69) is 48.5 Å². The number of nitrogens with zero attached hydrogens (tertiary/aromatic N) is 2. The van der Waals surface area contributed by atoms with Gasteiger partial charge in [0.05, 0.1) is 10.9 Å². The third-order valence-electron chi connectivity index (χ3n) is 9.53. The molecule has 0 spiro atoms. The summed E-state index contributed by atoms with van der Waals surface area (Å²) in [5.41, 5.74) is 11.1. The molecule has 5 nitrogen and oxygen atoms in total. The van der Waals surface area contributed by atoms with Crippen LogP contribution in [0.5, 0.6) is 0 Å². The number of fused-ring (bicyclic) bond motifs is 1. The van der Waals surface area contributed by atoms with Gasteiger partial charge in [0.1, 0.15) is 0 Å². The molecule has 36 heavy (non-hydrogen) atoms. The second-order valence-electron chi connectivity index (χ2n) is 11.7. The quantitative estimate of drug-likeness (QED) is 0.494. The minimum absolute atomic E-state index is 0.102. The van der Waals surface area contributed by atoms with Gasteiger partial charge in [-0.1, -0.05) is 20.8 Å². The summed E-state index contributed by atoms with van der Waals surface area (Å²) in [4.78, 5) is 16.4. The van der Waals surface area contributed by atoms with Gasteiger partial charge in [-0.05, 0) is 122 Å². The molecule has 198 valence electrons. The third kappa shape index (κ3) is 3.75. The lowest BCUT2D eigenvalue weighted by Crippen LogP contribution is -2.37. The van der Waals surface area contributed by atoms with Gasteiger partial charge in [-0.2, -0.15) is 0 Å². The van der Waals surface area contributed by atoms with Gasteiger partial charge in [0.2, 0.25) is 10.0 Å². The van der Waals surface area contributed by atoms with E-state index in [1.165, 1.54) is 51.8 Å². The molecule has 3 rings (SSSR count). The SMILES string of the molecule is Cc1c(C)c(C)c2c(c1C)C(N(C)C(=O)c1c(C)c(C)c(C)c(S(=O)(=O)N(C)C)c1C)C(C)C2(C)C. The third-order valence-corrected chi connectivity index (χ3v) is 11.6. The fourth-order valence-electron chi connectivity index (χ4n) is 6.45. The molecule has 1 aliphatic rings. The number of amides is 1. The zero-order valence-corrected chi connectivity index (χ0v) is 25.5. The van der Waals surface area contributed by atoms with Crippen LogP contribution in [0.15, 0.2) is 4.90 Å². The smallest absolute Gasteiger partial charge is 0.254 e. The number of rotatable bonds is 4. The monoisotopic (exact) mass is 512 g/mol. The van der Waals surface area contributed by atoms with E-state index in [9.17, 15) is 13.2 Å². The van der Waals surface area contributed by atoms with Crippen LogP contribution in [0.2, 0.25) is 0 Å². The fourth-order valence-corrected chi connectivity index (χ4v) is 7.85. The van der Waals surface area contributed by atoms with E-state index in [4.69, 9.17) is 0 Å². The Bertz CT molecular complexity index is 1380. The van der Waals surface area contributed by atoms with Crippen LogP contribution in [0.1, 0.15) is 92.8 Å². The van der Waals surface area contributed by atoms with Crippen LogP contribution in [-0.2, 0) is 15.4 Å². The van der Waals surface area contributed by atoms with Gasteiger partial charge in [-0.3, -0.25) is 4.79 Å². The molecule has 0 heterocycles. The highest BCUT2D eigenvalue weighted by molar-refractivity contribution is 7.89. The average molecular weight is 513 g/mol. The van der Waals surface area contributed by atoms with Crippen molar-refractivity contribution in [2.45, 2.75) is 92.5 Å². The Balaban J connectivity index is 2.30. The molecular weight excluding hydrogens is 468 g/mol. The molecule has 0 radical (unpaired) electrons. The Hall–Kier alpha value is -2.18. The maximum atomic E-state index is 14.3. The van der Waals surface area contributed by atoms with Crippen molar-refractivity contribution in [2.75, 3.05) is 21.1 Å². The molecule has 0 saturated heterocycles. The van der Waals surface area contributed by atoms with Gasteiger partial charge in [-0.15, -0.1) is 0 Å². The van der Waals surface area contributed by atoms with Crippen molar-refractivity contribution in [3.8, 4) is 0 Å². The topological polar surface area (TPSA) is 57.7 Å². The molecule has 2 aromatic carbocycles. The Morgan fingerprint density at radius 3 is 1.69 bits per heavy atom. The predicted molar refractivity (Wildman–Crippen MR) is 149 cm³/mol. The Morgan fingerprint density at radius 1 is 0.722 bits per heavy atom. The molecule has 1 aliphatic carbocycles. The van der Waals surface area contributed by atoms with E-state index < -0.39 is 10.0 Å². The number of benzene rings is 2. The van der Waals surface area contributed by atoms with Crippen LogP contribution >= 0.6 is 0 Å². The summed E-state index contributed by atoms with van der Waals surface area (Å²) < 4.78 is 27.8. The van der Waals surface area contributed by atoms with E-state index >= 15 is 0 Å². The lowest BCUT2D eigenvalue weighted by molar-refractivity contribution is 0.0660. The van der Waals surface area contributed by atoms with Crippen molar-refractivity contribution in [2.24, 2.45) is 5.92 Å². The summed E-state index contributed by atoms with van der Waals surface area (Å²) in [7, 11) is 1.23. The van der Waals surface area contributed by atoms with Crippen molar-refractivity contribution >= 4 is 15.9 Å². The van der Waals surface area contributed by atoms with E-state index in [-0.39, 0.29) is 28.2 Å². The van der Waals surface area contributed by atoms with Crippen molar-refractivity contribution < 1.29 is 13.2 Å². The first-order chi connectivity index (χ1) is 16.3. The second-order valence-corrected chi connectivity index (χ2v) is 13.7. The second kappa shape index (κ2) is 8.98. The maximum absolute atomic E-state index is 14.3. The first-order valence-corrected chi connectivity index (χ1v) is 14.2. The molecule has 1 amide bonds. The van der Waals surface area contributed by atoms with Crippen LogP contribution in [0, 0.1) is 61.3 Å². The maximum Gasteiger partial charge on any atom is 0.254 e. The van der Waals surface area contributed by atoms with Gasteiger partial charge in [-0.25, -0.2) is 12.7 Å². The summed E-state index contributed by atoms with van der Waals surface area (Å²) in [6.45, 7) is 23.0. The van der Waals surface area contributed by atoms with E-state index in [0.717, 1.165) is 11.1 Å². The molecule has 0 aromatic heterocycles. The lowest BCUT2D eigenvalue weighted by Gasteiger charge is -2.35. The van der Waals surface area contributed by atoms with Crippen molar-refractivity contribution in [1.29, 1.82) is 0 Å². The molecule has 0 bridgehead atoms. The van der Waals surface area contributed by atoms with Crippen molar-refractivity contribution in [1.82, 2.24) is 9.21 Å². The summed E-state index contributed by atoms with van der Waals surface area (Å²) in [5.74, 6) is 0.0660. The van der Waals surface area contributed by atoms with Gasteiger partial charge in [0.15, 0.2) is 0 Å². The molecule has 6 heteroatoms. The minimum atomic E-state index is -3.72. The zero-order valence-electron chi connectivity index (χ0n) is 24.7. The number of hydrogen-bond donors (Lipinski definition) is 0. The average Bonchev–Trinajstić information content (AvgIpc) is 2.99. The van der Waals surface area contributed by atoms with Crippen LogP contribution < -0.4 is 0 Å². The Morgan fingerprint density at radius 2 is 1.19 bits per heavy atom. The molecule has 2 unspecified atom stereocenters. The fraction of sp³-hybridized carbons (Fsp3) is 0.567. The highest BCUT2D eigenvalue weighted by atomic mass is 32.2. The van der Waals surface area contributed by atoms with E-state index in [1.54, 1.807) is 6.92 Å². The predicted octanol–water partition coefficient (Wildman–Crippen LogP) is 6.14. The van der Waals surface area contributed by atoms with Crippen LogP contribution in [0.4, 0.5) is 0 Å². The summed E-state index contributed by atoms with van der Waals surface area (Å²) >= 11 is 0. The number of hydrogen-bond acceptors (Lipinski definition) is 3. The molecule has 0 fully saturated rings. The number of carbonyl (C=O) groups is 1. The van der Waals surface area contributed by atoms with Crippen LogP contribution in [0.3, 0.4) is 0 Å². The zero-order chi connectivity index (χ0) is 27.8. The lowest BCUT2D eigenvalue weighted by atomic mass is 9.76. The van der Waals surface area contributed by atoms with Gasteiger partial charge >= 0.3 is 0 Å². The van der Waals surface area contributed by atoms with Gasteiger partial charge in [0.25, 0.3) is 5.91 Å². The number of sulfonamides is 1. The summed E-state index contributed by atoms with van der Waals surface area (Å²) in [6, 6.07) is -0.102. The molecule has 0 N–H and O–H groups in total.